The van der Waals surface area contributed by atoms with Crippen molar-refractivity contribution in [2.24, 2.45) is 0 Å². The maximum absolute atomic E-state index is 12.7. The number of rotatable bonds is 6. The fourth-order valence-corrected chi connectivity index (χ4v) is 2.30. The summed E-state index contributed by atoms with van der Waals surface area (Å²) < 4.78 is 48.1. The van der Waals surface area contributed by atoms with Gasteiger partial charge in [-0.25, -0.2) is 4.79 Å². The topological polar surface area (TPSA) is 64.6 Å². The Hall–Kier alpha value is -2.45. The second kappa shape index (κ2) is 9.16. The van der Waals surface area contributed by atoms with Gasteiger partial charge in [0.15, 0.2) is 13.2 Å². The van der Waals surface area contributed by atoms with Gasteiger partial charge in [0, 0.05) is 5.02 Å². The first-order valence-corrected chi connectivity index (χ1v) is 8.53. The molecule has 2 aromatic rings. The number of nitrogens with one attached hydrogen (secondary N) is 1. The molecular weight excluding hydrogens is 422 g/mol. The number of aryl methyl sites for hydroxylation is 1. The van der Waals surface area contributed by atoms with Crippen molar-refractivity contribution in [3.63, 3.8) is 0 Å². The van der Waals surface area contributed by atoms with Crippen LogP contribution in [0.4, 0.5) is 18.9 Å². The van der Waals surface area contributed by atoms with E-state index in [2.05, 4.69) is 5.32 Å². The molecule has 0 spiro atoms. The molecule has 150 valence electrons. The molecule has 0 unspecified atom stereocenters. The van der Waals surface area contributed by atoms with Crippen molar-refractivity contribution in [1.29, 1.82) is 0 Å². The van der Waals surface area contributed by atoms with E-state index in [1.807, 2.05) is 0 Å². The Bertz CT molecular complexity index is 888. The molecular formula is C18H14Cl2F3NO4. The molecule has 5 nitrogen and oxygen atoms in total. The first-order valence-electron chi connectivity index (χ1n) is 7.77. The molecule has 0 atom stereocenters. The SMILES string of the molecule is Cc1cc(OCC(=O)OCC(=O)Nc2cc(C(F)(F)F)ccc2Cl)ccc1Cl. The number of ether oxygens (including phenoxy) is 2. The van der Waals surface area contributed by atoms with Gasteiger partial charge in [-0.1, -0.05) is 23.2 Å². The summed E-state index contributed by atoms with van der Waals surface area (Å²) in [4.78, 5) is 23.5. The van der Waals surface area contributed by atoms with Crippen molar-refractivity contribution in [3.05, 3.63) is 57.6 Å². The number of esters is 1. The maximum atomic E-state index is 12.7. The van der Waals surface area contributed by atoms with Crippen molar-refractivity contribution >= 4 is 40.8 Å². The lowest BCUT2D eigenvalue weighted by Crippen LogP contribution is -2.24. The van der Waals surface area contributed by atoms with Crippen LogP contribution in [0.5, 0.6) is 5.75 Å². The molecule has 10 heteroatoms. The molecule has 1 N–H and O–H groups in total. The molecule has 0 saturated carbocycles. The largest absolute Gasteiger partial charge is 0.482 e. The van der Waals surface area contributed by atoms with Crippen LogP contribution < -0.4 is 10.1 Å². The van der Waals surface area contributed by atoms with Crippen LogP contribution in [0.25, 0.3) is 0 Å². The third-order valence-corrected chi connectivity index (χ3v) is 4.17. The third-order valence-electron chi connectivity index (χ3n) is 3.42. The monoisotopic (exact) mass is 435 g/mol. The molecule has 0 bridgehead atoms. The molecule has 0 aliphatic rings. The summed E-state index contributed by atoms with van der Waals surface area (Å²) in [5.41, 5.74) is -0.467. The van der Waals surface area contributed by atoms with E-state index >= 15 is 0 Å². The summed E-state index contributed by atoms with van der Waals surface area (Å²) >= 11 is 11.7. The lowest BCUT2D eigenvalue weighted by atomic mass is 10.2. The highest BCUT2D eigenvalue weighted by atomic mass is 35.5. The van der Waals surface area contributed by atoms with Gasteiger partial charge in [0.2, 0.25) is 0 Å². The summed E-state index contributed by atoms with van der Waals surface area (Å²) in [5, 5.41) is 2.61. The van der Waals surface area contributed by atoms with E-state index in [4.69, 9.17) is 32.7 Å². The fourth-order valence-electron chi connectivity index (χ4n) is 2.02. The van der Waals surface area contributed by atoms with Gasteiger partial charge in [-0.3, -0.25) is 4.79 Å². The van der Waals surface area contributed by atoms with Gasteiger partial charge >= 0.3 is 12.1 Å². The minimum atomic E-state index is -4.59. The van der Waals surface area contributed by atoms with Crippen LogP contribution in [-0.4, -0.2) is 25.1 Å². The van der Waals surface area contributed by atoms with Gasteiger partial charge < -0.3 is 14.8 Å². The molecule has 2 aromatic carbocycles. The number of amides is 1. The zero-order chi connectivity index (χ0) is 20.9. The zero-order valence-electron chi connectivity index (χ0n) is 14.4. The number of carbonyl (C=O) groups excluding carboxylic acids is 2. The van der Waals surface area contributed by atoms with Crippen molar-refractivity contribution < 1.29 is 32.2 Å². The minimum absolute atomic E-state index is 0.0888. The Kier molecular flexibility index (Phi) is 7.15. The van der Waals surface area contributed by atoms with Crippen LogP contribution in [0.3, 0.4) is 0 Å². The molecule has 0 radical (unpaired) electrons. The highest BCUT2D eigenvalue weighted by Crippen LogP contribution is 2.33. The van der Waals surface area contributed by atoms with Crippen molar-refractivity contribution in [2.45, 2.75) is 13.1 Å². The van der Waals surface area contributed by atoms with E-state index in [1.54, 1.807) is 25.1 Å². The Balaban J connectivity index is 1.85. The number of hydrogen-bond donors (Lipinski definition) is 1. The molecule has 0 aromatic heterocycles. The Labute approximate surface area is 168 Å². The van der Waals surface area contributed by atoms with E-state index in [-0.39, 0.29) is 10.7 Å². The average molecular weight is 436 g/mol. The van der Waals surface area contributed by atoms with Crippen LogP contribution in [0.15, 0.2) is 36.4 Å². The lowest BCUT2D eigenvalue weighted by Gasteiger charge is -2.12. The number of alkyl halides is 3. The van der Waals surface area contributed by atoms with Crippen LogP contribution in [0.2, 0.25) is 10.0 Å². The van der Waals surface area contributed by atoms with Gasteiger partial charge in [-0.05, 0) is 48.9 Å². The summed E-state index contributed by atoms with van der Waals surface area (Å²) in [5.74, 6) is -1.30. The second-order valence-corrected chi connectivity index (χ2v) is 6.42. The number of hydrogen-bond acceptors (Lipinski definition) is 4. The molecule has 0 aliphatic carbocycles. The van der Waals surface area contributed by atoms with Crippen LogP contribution >= 0.6 is 23.2 Å². The van der Waals surface area contributed by atoms with E-state index in [0.717, 1.165) is 17.7 Å². The molecule has 28 heavy (non-hydrogen) atoms. The molecule has 0 saturated heterocycles. The smallest absolute Gasteiger partial charge is 0.416 e. The van der Waals surface area contributed by atoms with E-state index in [1.165, 1.54) is 0 Å². The Morgan fingerprint density at radius 1 is 1.04 bits per heavy atom. The van der Waals surface area contributed by atoms with Crippen LogP contribution in [0.1, 0.15) is 11.1 Å². The molecule has 0 heterocycles. The van der Waals surface area contributed by atoms with E-state index in [9.17, 15) is 22.8 Å². The summed E-state index contributed by atoms with van der Waals surface area (Å²) in [6.07, 6.45) is -4.59. The van der Waals surface area contributed by atoms with Gasteiger partial charge in [-0.15, -0.1) is 0 Å². The first kappa shape index (κ1) is 21.8. The highest BCUT2D eigenvalue weighted by Gasteiger charge is 2.31. The van der Waals surface area contributed by atoms with Crippen molar-refractivity contribution in [1.82, 2.24) is 0 Å². The molecule has 2 rings (SSSR count). The van der Waals surface area contributed by atoms with E-state index in [0.29, 0.717) is 16.8 Å². The quantitative estimate of drug-likeness (QED) is 0.656. The van der Waals surface area contributed by atoms with Crippen LogP contribution in [0, 0.1) is 6.92 Å². The van der Waals surface area contributed by atoms with Crippen molar-refractivity contribution in [2.75, 3.05) is 18.5 Å². The van der Waals surface area contributed by atoms with Crippen molar-refractivity contribution in [3.8, 4) is 5.75 Å². The van der Waals surface area contributed by atoms with Gasteiger partial charge in [-0.2, -0.15) is 13.2 Å². The number of benzene rings is 2. The summed E-state index contributed by atoms with van der Waals surface area (Å²) in [7, 11) is 0. The van der Waals surface area contributed by atoms with Crippen LogP contribution in [-0.2, 0) is 20.5 Å². The summed E-state index contributed by atoms with van der Waals surface area (Å²) in [6.45, 7) is 0.587. The zero-order valence-corrected chi connectivity index (χ0v) is 15.9. The normalized spacial score (nSPS) is 11.1. The van der Waals surface area contributed by atoms with Gasteiger partial charge in [0.25, 0.3) is 5.91 Å². The standard InChI is InChI=1S/C18H14Cl2F3NO4/c1-10-6-12(3-5-13(10)19)27-9-17(26)28-8-16(25)24-15-7-11(18(21,22)23)2-4-14(15)20/h2-7H,8-9H2,1H3,(H,24,25). The van der Waals surface area contributed by atoms with E-state index < -0.39 is 36.8 Å². The van der Waals surface area contributed by atoms with Gasteiger partial charge in [0.1, 0.15) is 5.75 Å². The lowest BCUT2D eigenvalue weighted by molar-refractivity contribution is -0.149. The minimum Gasteiger partial charge on any atom is -0.482 e. The average Bonchev–Trinajstić information content (AvgIpc) is 2.62. The molecule has 0 aliphatic heterocycles. The predicted octanol–water partition coefficient (Wildman–Crippen LogP) is 4.88. The molecule has 0 fully saturated rings. The maximum Gasteiger partial charge on any atom is 0.416 e. The number of anilines is 1. The Morgan fingerprint density at radius 3 is 2.36 bits per heavy atom. The number of carbonyl (C=O) groups is 2. The summed E-state index contributed by atoms with van der Waals surface area (Å²) in [6, 6.07) is 7.27. The first-order chi connectivity index (χ1) is 13.1. The number of halogens is 5. The Morgan fingerprint density at radius 2 is 1.71 bits per heavy atom. The highest BCUT2D eigenvalue weighted by molar-refractivity contribution is 6.33. The predicted molar refractivity (Wildman–Crippen MR) is 97.7 cm³/mol. The third kappa shape index (κ3) is 6.31. The second-order valence-electron chi connectivity index (χ2n) is 5.60. The molecule has 1 amide bonds. The fraction of sp³-hybridized carbons (Fsp3) is 0.222. The van der Waals surface area contributed by atoms with Gasteiger partial charge in [0.05, 0.1) is 16.3 Å².